The van der Waals surface area contributed by atoms with Gasteiger partial charge in [-0.05, 0) is 18.5 Å². The van der Waals surface area contributed by atoms with Crippen LogP contribution < -0.4 is 4.74 Å². The molecule has 3 nitrogen and oxygen atoms in total. The molecule has 0 radical (unpaired) electrons. The van der Waals surface area contributed by atoms with Crippen LogP contribution in [0.1, 0.15) is 17.3 Å². The SMILES string of the molecule is CCOc1cocc1C(=O)Cl. The first-order chi connectivity index (χ1) is 5.25. The third-order valence-corrected chi connectivity index (χ3v) is 1.34. The minimum Gasteiger partial charge on any atom is -0.490 e. The molecular formula is C7H7ClO3. The van der Waals surface area contributed by atoms with Crippen molar-refractivity contribution < 1.29 is 13.9 Å². The molecular weight excluding hydrogens is 168 g/mol. The van der Waals surface area contributed by atoms with Crippen LogP contribution in [0.3, 0.4) is 0 Å². The number of hydrogen-bond acceptors (Lipinski definition) is 3. The van der Waals surface area contributed by atoms with E-state index in [1.807, 2.05) is 6.92 Å². The molecule has 0 saturated heterocycles. The fourth-order valence-electron chi connectivity index (χ4n) is 0.696. The normalized spacial score (nSPS) is 9.64. The van der Waals surface area contributed by atoms with Crippen molar-refractivity contribution in [3.63, 3.8) is 0 Å². The lowest BCUT2D eigenvalue weighted by Crippen LogP contribution is -1.95. The maximum absolute atomic E-state index is 10.6. The topological polar surface area (TPSA) is 39.4 Å². The number of carbonyl (C=O) groups excluding carboxylic acids is 1. The zero-order valence-electron chi connectivity index (χ0n) is 5.96. The second-order valence-electron chi connectivity index (χ2n) is 1.86. The fraction of sp³-hybridized carbons (Fsp3) is 0.286. The van der Waals surface area contributed by atoms with Gasteiger partial charge in [0.2, 0.25) is 0 Å². The first kappa shape index (κ1) is 8.14. The van der Waals surface area contributed by atoms with Crippen LogP contribution in [-0.2, 0) is 0 Å². The molecule has 0 aliphatic rings. The Bertz CT molecular complexity index is 254. The van der Waals surface area contributed by atoms with Crippen LogP contribution in [0.25, 0.3) is 0 Å². The van der Waals surface area contributed by atoms with Crippen molar-refractivity contribution in [2.24, 2.45) is 0 Å². The molecule has 0 saturated carbocycles. The van der Waals surface area contributed by atoms with Gasteiger partial charge >= 0.3 is 0 Å². The standard InChI is InChI=1S/C7H7ClO3/c1-2-11-6-4-10-3-5(6)7(8)9/h3-4H,2H2,1H3. The van der Waals surface area contributed by atoms with Crippen LogP contribution in [-0.4, -0.2) is 11.8 Å². The summed E-state index contributed by atoms with van der Waals surface area (Å²) in [5, 5.41) is -0.567. The molecule has 1 heterocycles. The molecule has 1 aromatic rings. The molecule has 11 heavy (non-hydrogen) atoms. The molecule has 1 aromatic heterocycles. The Kier molecular flexibility index (Phi) is 2.54. The third kappa shape index (κ3) is 1.74. The van der Waals surface area contributed by atoms with Gasteiger partial charge in [0.15, 0.2) is 5.75 Å². The molecule has 1 rings (SSSR count). The highest BCUT2D eigenvalue weighted by Crippen LogP contribution is 2.21. The summed E-state index contributed by atoms with van der Waals surface area (Å²) in [5.74, 6) is 0.396. The Labute approximate surface area is 68.9 Å². The van der Waals surface area contributed by atoms with E-state index in [1.54, 1.807) is 0 Å². The summed E-state index contributed by atoms with van der Waals surface area (Å²) in [7, 11) is 0. The molecule has 0 aliphatic heterocycles. The predicted octanol–water partition coefficient (Wildman–Crippen LogP) is 2.06. The van der Waals surface area contributed by atoms with Gasteiger partial charge in [-0.25, -0.2) is 0 Å². The molecule has 0 bridgehead atoms. The number of ether oxygens (including phenoxy) is 1. The lowest BCUT2D eigenvalue weighted by Gasteiger charge is -1.97. The first-order valence-corrected chi connectivity index (χ1v) is 3.52. The minimum absolute atomic E-state index is 0.272. The van der Waals surface area contributed by atoms with E-state index in [4.69, 9.17) is 20.8 Å². The molecule has 0 fully saturated rings. The number of rotatable bonds is 3. The van der Waals surface area contributed by atoms with E-state index in [9.17, 15) is 4.79 Å². The number of carbonyl (C=O) groups is 1. The van der Waals surface area contributed by atoms with Gasteiger partial charge in [0.05, 0.1) is 6.61 Å². The Morgan fingerprint density at radius 3 is 3.00 bits per heavy atom. The van der Waals surface area contributed by atoms with Gasteiger partial charge in [-0.3, -0.25) is 4.79 Å². The van der Waals surface area contributed by atoms with Gasteiger partial charge in [0, 0.05) is 0 Å². The van der Waals surface area contributed by atoms with Crippen molar-refractivity contribution >= 4 is 16.8 Å². The fourth-order valence-corrected chi connectivity index (χ4v) is 0.834. The molecule has 0 aliphatic carbocycles. The smallest absolute Gasteiger partial charge is 0.259 e. The highest BCUT2D eigenvalue weighted by Gasteiger charge is 2.11. The lowest BCUT2D eigenvalue weighted by molar-refractivity contribution is 0.107. The van der Waals surface area contributed by atoms with E-state index in [2.05, 4.69) is 0 Å². The third-order valence-electron chi connectivity index (χ3n) is 1.14. The molecule has 0 N–H and O–H groups in total. The van der Waals surface area contributed by atoms with Gasteiger partial charge < -0.3 is 9.15 Å². The first-order valence-electron chi connectivity index (χ1n) is 3.14. The second-order valence-corrected chi connectivity index (χ2v) is 2.20. The maximum atomic E-state index is 10.6. The molecule has 0 atom stereocenters. The van der Waals surface area contributed by atoms with Crippen LogP contribution in [0.2, 0.25) is 0 Å². The number of furan rings is 1. The number of hydrogen-bond donors (Lipinski definition) is 0. The summed E-state index contributed by atoms with van der Waals surface area (Å²) < 4.78 is 9.77. The van der Waals surface area contributed by atoms with Crippen LogP contribution in [0.15, 0.2) is 16.9 Å². The Hall–Kier alpha value is -0.960. The van der Waals surface area contributed by atoms with Gasteiger partial charge in [-0.1, -0.05) is 0 Å². The highest BCUT2D eigenvalue weighted by molar-refractivity contribution is 6.68. The van der Waals surface area contributed by atoms with Crippen molar-refractivity contribution in [3.8, 4) is 5.75 Å². The highest BCUT2D eigenvalue weighted by atomic mass is 35.5. The van der Waals surface area contributed by atoms with E-state index < -0.39 is 5.24 Å². The Balaban J connectivity index is 2.87. The molecule has 0 aromatic carbocycles. The largest absolute Gasteiger partial charge is 0.490 e. The van der Waals surface area contributed by atoms with E-state index in [1.165, 1.54) is 12.5 Å². The summed E-state index contributed by atoms with van der Waals surface area (Å²) in [6.07, 6.45) is 2.61. The monoisotopic (exact) mass is 174 g/mol. The quantitative estimate of drug-likeness (QED) is 0.659. The van der Waals surface area contributed by atoms with Gasteiger partial charge in [-0.15, -0.1) is 0 Å². The summed E-state index contributed by atoms with van der Waals surface area (Å²) in [4.78, 5) is 10.6. The van der Waals surface area contributed by atoms with Crippen LogP contribution in [0, 0.1) is 0 Å². The summed E-state index contributed by atoms with van der Waals surface area (Å²) in [5.41, 5.74) is 0.272. The molecule has 0 unspecified atom stereocenters. The van der Waals surface area contributed by atoms with E-state index >= 15 is 0 Å². The van der Waals surface area contributed by atoms with Crippen molar-refractivity contribution in [1.82, 2.24) is 0 Å². The van der Waals surface area contributed by atoms with Crippen molar-refractivity contribution in [3.05, 3.63) is 18.1 Å². The van der Waals surface area contributed by atoms with Crippen LogP contribution in [0.4, 0.5) is 0 Å². The molecule has 0 amide bonds. The van der Waals surface area contributed by atoms with E-state index in [0.29, 0.717) is 12.4 Å². The van der Waals surface area contributed by atoms with Crippen molar-refractivity contribution in [1.29, 1.82) is 0 Å². The van der Waals surface area contributed by atoms with Crippen molar-refractivity contribution in [2.45, 2.75) is 6.92 Å². The zero-order chi connectivity index (χ0) is 8.27. The maximum Gasteiger partial charge on any atom is 0.259 e. The van der Waals surface area contributed by atoms with Crippen LogP contribution >= 0.6 is 11.6 Å². The van der Waals surface area contributed by atoms with Gasteiger partial charge in [-0.2, -0.15) is 0 Å². The average Bonchev–Trinajstić information content (AvgIpc) is 2.36. The lowest BCUT2D eigenvalue weighted by atomic mass is 10.3. The number of halogens is 1. The second kappa shape index (κ2) is 3.44. The summed E-state index contributed by atoms with van der Waals surface area (Å²) in [6.45, 7) is 2.30. The van der Waals surface area contributed by atoms with E-state index in [0.717, 1.165) is 0 Å². The Morgan fingerprint density at radius 2 is 2.45 bits per heavy atom. The summed E-state index contributed by atoms with van der Waals surface area (Å²) in [6, 6.07) is 0. The zero-order valence-corrected chi connectivity index (χ0v) is 6.72. The Morgan fingerprint density at radius 1 is 1.73 bits per heavy atom. The average molecular weight is 175 g/mol. The minimum atomic E-state index is -0.567. The van der Waals surface area contributed by atoms with Gasteiger partial charge in [0.25, 0.3) is 5.24 Å². The molecule has 0 spiro atoms. The van der Waals surface area contributed by atoms with E-state index in [-0.39, 0.29) is 5.56 Å². The molecule has 60 valence electrons. The van der Waals surface area contributed by atoms with Gasteiger partial charge in [0.1, 0.15) is 18.1 Å². The predicted molar refractivity (Wildman–Crippen MR) is 40.1 cm³/mol. The molecule has 4 heteroatoms. The van der Waals surface area contributed by atoms with Crippen molar-refractivity contribution in [2.75, 3.05) is 6.61 Å². The van der Waals surface area contributed by atoms with Crippen LogP contribution in [0.5, 0.6) is 5.75 Å². The summed E-state index contributed by atoms with van der Waals surface area (Å²) >= 11 is 5.21.